The van der Waals surface area contributed by atoms with Crippen molar-refractivity contribution >= 4 is 11.8 Å². The minimum Gasteiger partial charge on any atom is -0.388 e. The number of morpholine rings is 1. The van der Waals surface area contributed by atoms with Crippen molar-refractivity contribution in [1.29, 1.82) is 0 Å². The highest BCUT2D eigenvalue weighted by atomic mass is 19.1. The van der Waals surface area contributed by atoms with Gasteiger partial charge >= 0.3 is 0 Å². The van der Waals surface area contributed by atoms with Crippen LogP contribution in [0.15, 0.2) is 36.5 Å². The molecule has 134 valence electrons. The molecule has 1 aromatic heterocycles. The summed E-state index contributed by atoms with van der Waals surface area (Å²) < 4.78 is 19.4. The molecule has 0 spiro atoms. The first-order valence-electron chi connectivity index (χ1n) is 8.44. The van der Waals surface area contributed by atoms with Gasteiger partial charge in [-0.15, -0.1) is 0 Å². The molecule has 25 heavy (non-hydrogen) atoms. The highest BCUT2D eigenvalue weighted by Crippen LogP contribution is 2.21. The van der Waals surface area contributed by atoms with Gasteiger partial charge in [-0.05, 0) is 12.0 Å². The first-order valence-corrected chi connectivity index (χ1v) is 8.44. The second-order valence-corrected chi connectivity index (χ2v) is 6.08. The van der Waals surface area contributed by atoms with Crippen LogP contribution in [-0.2, 0) is 4.74 Å². The van der Waals surface area contributed by atoms with Crippen LogP contribution in [0.5, 0.6) is 0 Å². The molecule has 6 nitrogen and oxygen atoms in total. The maximum atomic E-state index is 14.1. The lowest BCUT2D eigenvalue weighted by Gasteiger charge is -2.29. The molecule has 3 rings (SSSR count). The predicted octanol–water partition coefficient (Wildman–Crippen LogP) is 2.01. The Balaban J connectivity index is 1.64. The summed E-state index contributed by atoms with van der Waals surface area (Å²) in [6.07, 6.45) is 1.19. The van der Waals surface area contributed by atoms with E-state index in [1.807, 2.05) is 47.2 Å². The Hall–Kier alpha value is -2.25. The normalized spacial score (nSPS) is 15.9. The van der Waals surface area contributed by atoms with E-state index in [1.165, 1.54) is 6.20 Å². The van der Waals surface area contributed by atoms with Crippen molar-refractivity contribution in [2.24, 2.45) is 0 Å². The summed E-state index contributed by atoms with van der Waals surface area (Å²) in [5.74, 6) is 0.329. The Morgan fingerprint density at radius 3 is 2.72 bits per heavy atom. The van der Waals surface area contributed by atoms with E-state index in [0.29, 0.717) is 51.0 Å². The molecule has 1 atom stereocenters. The Bertz CT molecular complexity index is 680. The number of aliphatic hydroxyl groups excluding tert-OH is 1. The second kappa shape index (κ2) is 8.22. The van der Waals surface area contributed by atoms with Crippen LogP contribution in [0.4, 0.5) is 16.2 Å². The van der Waals surface area contributed by atoms with Crippen molar-refractivity contribution in [3.05, 3.63) is 47.9 Å². The molecule has 2 aromatic rings. The molecule has 1 fully saturated rings. The summed E-state index contributed by atoms with van der Waals surface area (Å²) in [6, 6.07) is 9.52. The van der Waals surface area contributed by atoms with Crippen LogP contribution in [0.2, 0.25) is 0 Å². The molecule has 2 heterocycles. The van der Waals surface area contributed by atoms with E-state index in [9.17, 15) is 9.50 Å². The summed E-state index contributed by atoms with van der Waals surface area (Å²) >= 11 is 0. The number of halogens is 1. The second-order valence-electron chi connectivity index (χ2n) is 6.08. The number of nitrogens with zero attached hydrogens (tertiary/aromatic N) is 4. The van der Waals surface area contributed by atoms with Gasteiger partial charge < -0.3 is 19.6 Å². The zero-order chi connectivity index (χ0) is 17.6. The molecule has 7 heteroatoms. The topological polar surface area (TPSA) is 61.7 Å². The van der Waals surface area contributed by atoms with Crippen molar-refractivity contribution < 1.29 is 14.2 Å². The molecule has 1 N–H and O–H groups in total. The largest absolute Gasteiger partial charge is 0.388 e. The molecule has 0 radical (unpaired) electrons. The van der Waals surface area contributed by atoms with Crippen molar-refractivity contribution in [1.82, 2.24) is 9.97 Å². The average Bonchev–Trinajstić information content (AvgIpc) is 2.67. The summed E-state index contributed by atoms with van der Waals surface area (Å²) in [5, 5.41) is 10.3. The third-order valence-corrected chi connectivity index (χ3v) is 4.29. The summed E-state index contributed by atoms with van der Waals surface area (Å²) in [4.78, 5) is 12.2. The smallest absolute Gasteiger partial charge is 0.227 e. The highest BCUT2D eigenvalue weighted by Gasteiger charge is 2.19. The number of benzene rings is 1. The SMILES string of the molecule is CN(CCC(O)c1ccccc1)c1ncc(F)c(N2CCOCC2)n1. The zero-order valence-electron chi connectivity index (χ0n) is 14.3. The maximum absolute atomic E-state index is 14.1. The van der Waals surface area contributed by atoms with E-state index in [-0.39, 0.29) is 0 Å². The molecular formula is C18H23FN4O2. The van der Waals surface area contributed by atoms with E-state index >= 15 is 0 Å². The molecule has 0 aliphatic carbocycles. The van der Waals surface area contributed by atoms with Gasteiger partial charge in [-0.1, -0.05) is 30.3 Å². The number of hydrogen-bond donors (Lipinski definition) is 1. The first-order chi connectivity index (χ1) is 12.1. The zero-order valence-corrected chi connectivity index (χ0v) is 14.3. The molecule has 1 unspecified atom stereocenters. The van der Waals surface area contributed by atoms with Gasteiger partial charge in [0.05, 0.1) is 25.5 Å². The summed E-state index contributed by atoms with van der Waals surface area (Å²) in [7, 11) is 1.84. The maximum Gasteiger partial charge on any atom is 0.227 e. The van der Waals surface area contributed by atoms with Crippen LogP contribution >= 0.6 is 0 Å². The molecule has 0 amide bonds. The van der Waals surface area contributed by atoms with Crippen LogP contribution in [0, 0.1) is 5.82 Å². The Morgan fingerprint density at radius 1 is 1.28 bits per heavy atom. The number of aliphatic hydroxyl groups is 1. The predicted molar refractivity (Wildman–Crippen MR) is 94.3 cm³/mol. The number of anilines is 2. The Labute approximate surface area is 146 Å². The van der Waals surface area contributed by atoms with Crippen LogP contribution in [0.25, 0.3) is 0 Å². The molecule has 0 bridgehead atoms. The van der Waals surface area contributed by atoms with Gasteiger partial charge in [-0.25, -0.2) is 9.37 Å². The van der Waals surface area contributed by atoms with Crippen LogP contribution in [0.1, 0.15) is 18.1 Å². The first kappa shape index (κ1) is 17.6. The van der Waals surface area contributed by atoms with Crippen molar-refractivity contribution in [3.8, 4) is 0 Å². The fraction of sp³-hybridized carbons (Fsp3) is 0.444. The fourth-order valence-corrected chi connectivity index (χ4v) is 2.79. The van der Waals surface area contributed by atoms with E-state index in [4.69, 9.17) is 4.74 Å². The number of hydrogen-bond acceptors (Lipinski definition) is 6. The molecular weight excluding hydrogens is 323 g/mol. The number of ether oxygens (including phenoxy) is 1. The van der Waals surface area contributed by atoms with Crippen LogP contribution in [-0.4, -0.2) is 55.0 Å². The van der Waals surface area contributed by atoms with Crippen molar-refractivity contribution in [3.63, 3.8) is 0 Å². The third-order valence-electron chi connectivity index (χ3n) is 4.29. The van der Waals surface area contributed by atoms with E-state index in [2.05, 4.69) is 9.97 Å². The van der Waals surface area contributed by atoms with Gasteiger partial charge in [-0.2, -0.15) is 4.98 Å². The highest BCUT2D eigenvalue weighted by molar-refractivity contribution is 5.45. The Morgan fingerprint density at radius 2 is 2.00 bits per heavy atom. The van der Waals surface area contributed by atoms with E-state index in [0.717, 1.165) is 5.56 Å². The molecule has 1 saturated heterocycles. The Kier molecular flexibility index (Phi) is 5.78. The lowest BCUT2D eigenvalue weighted by atomic mass is 10.1. The lowest BCUT2D eigenvalue weighted by molar-refractivity contribution is 0.122. The van der Waals surface area contributed by atoms with Gasteiger partial charge in [0.2, 0.25) is 5.95 Å². The van der Waals surface area contributed by atoms with Gasteiger partial charge in [-0.3, -0.25) is 0 Å². The summed E-state index contributed by atoms with van der Waals surface area (Å²) in [6.45, 7) is 2.92. The average molecular weight is 346 g/mol. The van der Waals surface area contributed by atoms with E-state index < -0.39 is 11.9 Å². The molecule has 1 aliphatic rings. The number of aromatic nitrogens is 2. The quantitative estimate of drug-likeness (QED) is 0.863. The standard InChI is InChI=1S/C18H23FN4O2/c1-22(8-7-16(24)14-5-3-2-4-6-14)18-20-13-15(19)17(21-18)23-9-11-25-12-10-23/h2-6,13,16,24H,7-12H2,1H3. The van der Waals surface area contributed by atoms with Crippen LogP contribution in [0.3, 0.4) is 0 Å². The van der Waals surface area contributed by atoms with E-state index in [1.54, 1.807) is 0 Å². The third kappa shape index (κ3) is 4.43. The minimum absolute atomic E-state index is 0.309. The van der Waals surface area contributed by atoms with Gasteiger partial charge in [0, 0.05) is 26.7 Å². The monoisotopic (exact) mass is 346 g/mol. The van der Waals surface area contributed by atoms with Gasteiger partial charge in [0.25, 0.3) is 0 Å². The number of rotatable bonds is 6. The molecule has 0 saturated carbocycles. The lowest BCUT2D eigenvalue weighted by Crippen LogP contribution is -2.37. The van der Waals surface area contributed by atoms with Crippen LogP contribution < -0.4 is 9.80 Å². The minimum atomic E-state index is -0.553. The summed E-state index contributed by atoms with van der Waals surface area (Å²) in [5.41, 5.74) is 0.880. The van der Waals surface area contributed by atoms with Crippen molar-refractivity contribution in [2.75, 3.05) is 49.7 Å². The van der Waals surface area contributed by atoms with Gasteiger partial charge in [0.1, 0.15) is 0 Å². The molecule has 1 aliphatic heterocycles. The fourth-order valence-electron chi connectivity index (χ4n) is 2.79. The van der Waals surface area contributed by atoms with Gasteiger partial charge in [0.15, 0.2) is 11.6 Å². The van der Waals surface area contributed by atoms with Crippen molar-refractivity contribution in [2.45, 2.75) is 12.5 Å². The molecule has 1 aromatic carbocycles.